The van der Waals surface area contributed by atoms with Gasteiger partial charge in [-0.25, -0.2) is 0 Å². The van der Waals surface area contributed by atoms with Crippen molar-refractivity contribution in [1.82, 2.24) is 0 Å². The van der Waals surface area contributed by atoms with E-state index in [9.17, 15) is 0 Å². The predicted octanol–water partition coefficient (Wildman–Crippen LogP) is 9.76. The van der Waals surface area contributed by atoms with E-state index >= 15 is 0 Å². The van der Waals surface area contributed by atoms with E-state index in [-0.39, 0.29) is 6.10 Å². The summed E-state index contributed by atoms with van der Waals surface area (Å²) in [5, 5.41) is 0. The molecule has 0 radical (unpaired) electrons. The molecule has 1 aromatic rings. The molecule has 3 heteroatoms. The molecule has 1 nitrogen and oxygen atoms in total. The second-order valence-electron chi connectivity index (χ2n) is 10.4. The number of unbranched alkanes of at least 4 members (excludes halogenated alkanes) is 3. The molecule has 0 saturated heterocycles. The molecule has 0 aliphatic carbocycles. The van der Waals surface area contributed by atoms with Gasteiger partial charge in [0.15, 0.2) is 0 Å². The Morgan fingerprint density at radius 3 is 1.83 bits per heavy atom. The SMILES string of the molecule is CCC[CH2][Sn]([CH2]/C=C(/C)CC(O[Si](C)(C)C)c1ccccc1)([CH2]CCC)[CH2]CCC. The van der Waals surface area contributed by atoms with Gasteiger partial charge in [0.05, 0.1) is 0 Å². The van der Waals surface area contributed by atoms with E-state index in [1.54, 1.807) is 18.9 Å². The summed E-state index contributed by atoms with van der Waals surface area (Å²) in [6.45, 7) is 16.4. The summed E-state index contributed by atoms with van der Waals surface area (Å²) in [6.07, 6.45) is 12.4. The zero-order valence-electron chi connectivity index (χ0n) is 21.2. The molecular formula is C27H50OSiSn. The molecule has 1 aromatic carbocycles. The van der Waals surface area contributed by atoms with Crippen LogP contribution >= 0.6 is 0 Å². The fraction of sp³-hybridized carbons (Fsp3) is 0.704. The van der Waals surface area contributed by atoms with E-state index in [4.69, 9.17) is 4.43 Å². The van der Waals surface area contributed by atoms with Gasteiger partial charge in [0, 0.05) is 0 Å². The van der Waals surface area contributed by atoms with Crippen LogP contribution in [0.25, 0.3) is 0 Å². The molecule has 0 saturated carbocycles. The molecule has 0 aliphatic rings. The van der Waals surface area contributed by atoms with Crippen molar-refractivity contribution in [3.63, 3.8) is 0 Å². The molecule has 0 heterocycles. The first-order valence-corrected chi connectivity index (χ1v) is 24.1. The molecule has 1 rings (SSSR count). The first kappa shape index (κ1) is 28.0. The zero-order chi connectivity index (χ0) is 22.5. The zero-order valence-corrected chi connectivity index (χ0v) is 25.1. The van der Waals surface area contributed by atoms with Gasteiger partial charge in [0.25, 0.3) is 0 Å². The predicted molar refractivity (Wildman–Crippen MR) is 142 cm³/mol. The third-order valence-corrected chi connectivity index (χ3v) is 22.4. The number of hydrogen-bond acceptors (Lipinski definition) is 1. The van der Waals surface area contributed by atoms with Gasteiger partial charge in [-0.2, -0.15) is 0 Å². The Bertz CT molecular complexity index is 569. The van der Waals surface area contributed by atoms with E-state index in [0.717, 1.165) is 6.42 Å². The van der Waals surface area contributed by atoms with Gasteiger partial charge in [-0.3, -0.25) is 0 Å². The van der Waals surface area contributed by atoms with Crippen LogP contribution < -0.4 is 0 Å². The number of allylic oxidation sites excluding steroid dienone is 1. The fourth-order valence-electron chi connectivity index (χ4n) is 4.43. The molecule has 30 heavy (non-hydrogen) atoms. The Balaban J connectivity index is 2.98. The molecule has 0 bridgehead atoms. The molecule has 1 unspecified atom stereocenters. The number of hydrogen-bond donors (Lipinski definition) is 0. The monoisotopic (exact) mass is 538 g/mol. The average molecular weight is 537 g/mol. The Morgan fingerprint density at radius 1 is 0.900 bits per heavy atom. The standard InChI is InChI=1S/C15H23OSi.3C4H9.Sn/c1-6-13(2)12-15(16-17(3,4)5)14-10-8-7-9-11-14;3*1-3-4-2;/h6-11,15H,1,12H2,2-5H3;3*1,3-4H2,2H3;/b13-6-;;;;. The molecule has 0 aromatic heterocycles. The summed E-state index contributed by atoms with van der Waals surface area (Å²) in [5.41, 5.74) is 2.89. The first-order chi connectivity index (χ1) is 14.2. The third kappa shape index (κ3) is 11.5. The Labute approximate surface area is 194 Å². The van der Waals surface area contributed by atoms with Crippen LogP contribution in [-0.4, -0.2) is 26.7 Å². The van der Waals surface area contributed by atoms with Crippen molar-refractivity contribution in [3.05, 3.63) is 47.5 Å². The Morgan fingerprint density at radius 2 is 1.40 bits per heavy atom. The van der Waals surface area contributed by atoms with Crippen LogP contribution in [0.5, 0.6) is 0 Å². The third-order valence-electron chi connectivity index (χ3n) is 6.24. The summed E-state index contributed by atoms with van der Waals surface area (Å²) in [4.78, 5) is 0. The van der Waals surface area contributed by atoms with E-state index in [0.29, 0.717) is 0 Å². The van der Waals surface area contributed by atoms with Crippen LogP contribution in [0.2, 0.25) is 37.4 Å². The molecule has 0 fully saturated rings. The summed E-state index contributed by atoms with van der Waals surface area (Å²) in [5.74, 6) is 0. The van der Waals surface area contributed by atoms with Gasteiger partial charge < -0.3 is 0 Å². The topological polar surface area (TPSA) is 9.23 Å². The number of rotatable bonds is 16. The summed E-state index contributed by atoms with van der Waals surface area (Å²) in [7, 11) is -1.60. The van der Waals surface area contributed by atoms with Crippen LogP contribution in [0, 0.1) is 0 Å². The maximum absolute atomic E-state index is 6.64. The van der Waals surface area contributed by atoms with E-state index in [1.807, 2.05) is 0 Å². The van der Waals surface area contributed by atoms with E-state index in [2.05, 4.69) is 83.7 Å². The fourth-order valence-corrected chi connectivity index (χ4v) is 21.1. The number of benzene rings is 1. The molecule has 0 spiro atoms. The van der Waals surface area contributed by atoms with Crippen molar-refractivity contribution in [2.75, 3.05) is 0 Å². The van der Waals surface area contributed by atoms with Crippen molar-refractivity contribution in [1.29, 1.82) is 0 Å². The second-order valence-corrected chi connectivity index (χ2v) is 28.9. The van der Waals surface area contributed by atoms with Gasteiger partial charge in [-0.05, 0) is 0 Å². The Hall–Kier alpha value is -0.0644. The van der Waals surface area contributed by atoms with Gasteiger partial charge in [-0.15, -0.1) is 0 Å². The van der Waals surface area contributed by atoms with Gasteiger partial charge in [0.2, 0.25) is 0 Å². The summed E-state index contributed by atoms with van der Waals surface area (Å²) < 4.78 is 12.9. The molecule has 172 valence electrons. The van der Waals surface area contributed by atoms with Crippen molar-refractivity contribution >= 4 is 26.7 Å². The van der Waals surface area contributed by atoms with Crippen molar-refractivity contribution in [2.45, 2.75) is 116 Å². The molecule has 0 amide bonds. The average Bonchev–Trinajstić information content (AvgIpc) is 2.72. The van der Waals surface area contributed by atoms with Crippen LogP contribution in [-0.2, 0) is 4.43 Å². The minimum atomic E-state index is -2.08. The normalized spacial score (nSPS) is 14.2. The quantitative estimate of drug-likeness (QED) is 0.151. The van der Waals surface area contributed by atoms with Crippen molar-refractivity contribution in [3.8, 4) is 0 Å². The minimum absolute atomic E-state index is 0.209. The molecular weight excluding hydrogens is 487 g/mol. The van der Waals surface area contributed by atoms with E-state index in [1.165, 1.54) is 48.5 Å². The summed E-state index contributed by atoms with van der Waals surface area (Å²) >= 11 is -2.08. The van der Waals surface area contributed by atoms with Crippen LogP contribution in [0.1, 0.15) is 84.3 Å². The van der Waals surface area contributed by atoms with Crippen LogP contribution in [0.3, 0.4) is 0 Å². The Kier molecular flexibility index (Phi) is 13.9. The van der Waals surface area contributed by atoms with Crippen molar-refractivity contribution < 1.29 is 4.43 Å². The van der Waals surface area contributed by atoms with Crippen molar-refractivity contribution in [2.24, 2.45) is 0 Å². The molecule has 0 N–H and O–H groups in total. The van der Waals surface area contributed by atoms with E-state index < -0.39 is 26.7 Å². The van der Waals surface area contributed by atoms with Gasteiger partial charge in [0.1, 0.15) is 0 Å². The first-order valence-electron chi connectivity index (χ1n) is 12.6. The maximum atomic E-state index is 6.64. The molecule has 1 atom stereocenters. The van der Waals surface area contributed by atoms with Crippen LogP contribution in [0.4, 0.5) is 0 Å². The van der Waals surface area contributed by atoms with Gasteiger partial charge >= 0.3 is 195 Å². The summed E-state index contributed by atoms with van der Waals surface area (Å²) in [6, 6.07) is 10.9. The van der Waals surface area contributed by atoms with Crippen LogP contribution in [0.15, 0.2) is 42.0 Å². The molecule has 0 aliphatic heterocycles. The van der Waals surface area contributed by atoms with Gasteiger partial charge in [-0.1, -0.05) is 0 Å². The second kappa shape index (κ2) is 14.9.